The Hall–Kier alpha value is -3.20. The number of fused-ring (bicyclic) bond motifs is 2. The van der Waals surface area contributed by atoms with Gasteiger partial charge in [0.2, 0.25) is 0 Å². The van der Waals surface area contributed by atoms with Crippen LogP contribution in [0.3, 0.4) is 0 Å². The smallest absolute Gasteiger partial charge is 0.410 e. The molecule has 0 aliphatic carbocycles. The largest absolute Gasteiger partial charge is 0.444 e. The van der Waals surface area contributed by atoms with Gasteiger partial charge in [-0.05, 0) is 50.6 Å². The Morgan fingerprint density at radius 2 is 1.97 bits per heavy atom. The van der Waals surface area contributed by atoms with Crippen LogP contribution in [0.4, 0.5) is 9.18 Å². The Morgan fingerprint density at radius 3 is 2.66 bits per heavy atom. The maximum absolute atomic E-state index is 14.5. The van der Waals surface area contributed by atoms with Crippen molar-refractivity contribution in [2.24, 2.45) is 7.05 Å². The van der Waals surface area contributed by atoms with Gasteiger partial charge in [0, 0.05) is 60.3 Å². The van der Waals surface area contributed by atoms with Crippen molar-refractivity contribution >= 4 is 44.2 Å². The summed E-state index contributed by atoms with van der Waals surface area (Å²) in [6.07, 6.45) is 6.22. The highest BCUT2D eigenvalue weighted by Gasteiger charge is 2.24. The molecule has 1 aliphatic heterocycles. The van der Waals surface area contributed by atoms with Gasteiger partial charge in [0.05, 0.1) is 0 Å². The van der Waals surface area contributed by atoms with E-state index in [2.05, 4.69) is 5.10 Å². The summed E-state index contributed by atoms with van der Waals surface area (Å²) < 4.78 is 23.4. The molecule has 0 saturated heterocycles. The minimum atomic E-state index is -0.504. The summed E-state index contributed by atoms with van der Waals surface area (Å²) in [5.41, 5.74) is 1.75. The molecule has 4 heterocycles. The van der Waals surface area contributed by atoms with Crippen LogP contribution in [0.1, 0.15) is 27.2 Å². The van der Waals surface area contributed by atoms with E-state index >= 15 is 0 Å². The Balaban J connectivity index is 1.36. The molecule has 0 atom stereocenters. The summed E-state index contributed by atoms with van der Waals surface area (Å²) >= 11 is 1.53. The predicted molar refractivity (Wildman–Crippen MR) is 124 cm³/mol. The molecule has 0 saturated carbocycles. The molecular formula is C23H24FN5O2S. The number of carbonyl (C=O) groups is 1. The van der Waals surface area contributed by atoms with Gasteiger partial charge in [-0.3, -0.25) is 4.68 Å². The fourth-order valence-corrected chi connectivity index (χ4v) is 4.82. The summed E-state index contributed by atoms with van der Waals surface area (Å²) in [5.74, 6) is -0.323. The molecule has 1 amide bonds. The minimum absolute atomic E-state index is 0.295. The average Bonchev–Trinajstić information content (AvgIpc) is 3.39. The highest BCUT2D eigenvalue weighted by Crippen LogP contribution is 2.35. The molecule has 1 aromatic carbocycles. The number of aryl methyl sites for hydroxylation is 1. The highest BCUT2D eigenvalue weighted by molar-refractivity contribution is 7.21. The molecule has 0 N–H and O–H groups in total. The van der Waals surface area contributed by atoms with Crippen LogP contribution in [0.15, 0.2) is 36.7 Å². The first-order valence-corrected chi connectivity index (χ1v) is 11.3. The zero-order valence-corrected chi connectivity index (χ0v) is 19.2. The third kappa shape index (κ3) is 3.88. The monoisotopic (exact) mass is 453 g/mol. The van der Waals surface area contributed by atoms with Gasteiger partial charge < -0.3 is 9.64 Å². The average molecular weight is 454 g/mol. The van der Waals surface area contributed by atoms with E-state index in [1.165, 1.54) is 17.4 Å². The minimum Gasteiger partial charge on any atom is -0.444 e. The fraction of sp³-hybridized carbons (Fsp3) is 0.348. The first-order valence-electron chi connectivity index (χ1n) is 10.5. The van der Waals surface area contributed by atoms with Gasteiger partial charge in [-0.2, -0.15) is 10.2 Å². The predicted octanol–water partition coefficient (Wildman–Crippen LogP) is 5.27. The molecule has 0 bridgehead atoms. The van der Waals surface area contributed by atoms with E-state index < -0.39 is 5.60 Å². The van der Waals surface area contributed by atoms with Crippen LogP contribution in [0.25, 0.3) is 37.3 Å². The van der Waals surface area contributed by atoms with E-state index in [4.69, 9.17) is 9.84 Å². The molecular weight excluding hydrogens is 429 g/mol. The van der Waals surface area contributed by atoms with Crippen molar-refractivity contribution in [3.8, 4) is 10.4 Å². The lowest BCUT2D eigenvalue weighted by Gasteiger charge is -2.29. The molecule has 0 fully saturated rings. The molecule has 5 rings (SSSR count). The molecule has 1 aliphatic rings. The molecule has 7 nitrogen and oxygen atoms in total. The number of amides is 1. The Labute approximate surface area is 188 Å². The van der Waals surface area contributed by atoms with Crippen molar-refractivity contribution in [1.29, 1.82) is 0 Å². The molecule has 9 heteroatoms. The van der Waals surface area contributed by atoms with Crippen molar-refractivity contribution < 1.29 is 13.9 Å². The standard InChI is InChI=1S/C23H24FN5O2S/c1-23(2,3)31-22(30)28-7-5-17(6-8-28)29-13-16-11-19(32-21(16)26-29)14-9-15-12-27(4)25-20(15)18(24)10-14/h5,9-13H,6-8H2,1-4H3. The number of hydrogen-bond donors (Lipinski definition) is 0. The number of hydrogen-bond acceptors (Lipinski definition) is 5. The molecule has 32 heavy (non-hydrogen) atoms. The van der Waals surface area contributed by atoms with E-state index in [0.29, 0.717) is 25.0 Å². The fourth-order valence-electron chi connectivity index (χ4n) is 3.83. The van der Waals surface area contributed by atoms with Crippen LogP contribution in [0.2, 0.25) is 0 Å². The summed E-state index contributed by atoms with van der Waals surface area (Å²) in [5, 5.41) is 10.7. The second kappa shape index (κ2) is 7.44. The number of thiophene rings is 1. The number of benzene rings is 1. The maximum Gasteiger partial charge on any atom is 0.410 e. The number of nitrogens with zero attached hydrogens (tertiary/aromatic N) is 5. The normalized spacial score (nSPS) is 14.9. The molecule has 4 aromatic rings. The molecule has 0 unspecified atom stereocenters. The zero-order chi connectivity index (χ0) is 22.6. The summed E-state index contributed by atoms with van der Waals surface area (Å²) in [4.78, 5) is 15.8. The summed E-state index contributed by atoms with van der Waals surface area (Å²) in [6, 6.07) is 5.53. The number of carbonyl (C=O) groups excluding carboxylic acids is 1. The Kier molecular flexibility index (Phi) is 4.81. The maximum atomic E-state index is 14.5. The van der Waals surface area contributed by atoms with E-state index in [0.717, 1.165) is 31.7 Å². The number of halogens is 1. The molecule has 0 radical (unpaired) electrons. The van der Waals surface area contributed by atoms with E-state index in [1.807, 2.05) is 56.1 Å². The van der Waals surface area contributed by atoms with Gasteiger partial charge in [0.15, 0.2) is 5.82 Å². The second-order valence-electron chi connectivity index (χ2n) is 9.02. The van der Waals surface area contributed by atoms with E-state index in [9.17, 15) is 9.18 Å². The SMILES string of the molecule is Cn1cc2cc(-c3cc4cn(C5=CCN(C(=O)OC(C)(C)C)CC5)nc4s3)cc(F)c2n1. The van der Waals surface area contributed by atoms with Crippen LogP contribution in [-0.2, 0) is 11.8 Å². The van der Waals surface area contributed by atoms with Gasteiger partial charge in [0.1, 0.15) is 15.9 Å². The van der Waals surface area contributed by atoms with Crippen molar-refractivity contribution in [3.63, 3.8) is 0 Å². The lowest BCUT2D eigenvalue weighted by molar-refractivity contribution is 0.0269. The van der Waals surface area contributed by atoms with Crippen molar-refractivity contribution in [2.75, 3.05) is 13.1 Å². The van der Waals surface area contributed by atoms with Crippen LogP contribution < -0.4 is 0 Å². The van der Waals surface area contributed by atoms with E-state index in [1.54, 1.807) is 16.6 Å². The lowest BCUT2D eigenvalue weighted by atomic mass is 10.1. The first-order chi connectivity index (χ1) is 15.2. The van der Waals surface area contributed by atoms with E-state index in [-0.39, 0.29) is 11.9 Å². The third-order valence-corrected chi connectivity index (χ3v) is 6.38. The molecule has 166 valence electrons. The topological polar surface area (TPSA) is 65.2 Å². The van der Waals surface area contributed by atoms with Crippen LogP contribution in [-0.4, -0.2) is 49.2 Å². The van der Waals surface area contributed by atoms with Crippen LogP contribution in [0.5, 0.6) is 0 Å². The van der Waals surface area contributed by atoms with Crippen molar-refractivity contribution in [3.05, 3.63) is 42.5 Å². The van der Waals surface area contributed by atoms with Crippen molar-refractivity contribution in [1.82, 2.24) is 24.5 Å². The number of rotatable bonds is 2. The van der Waals surface area contributed by atoms with Gasteiger partial charge in [0.25, 0.3) is 0 Å². The van der Waals surface area contributed by atoms with Crippen molar-refractivity contribution in [2.45, 2.75) is 32.8 Å². The number of aromatic nitrogens is 4. The zero-order valence-electron chi connectivity index (χ0n) is 18.4. The summed E-state index contributed by atoms with van der Waals surface area (Å²) in [7, 11) is 1.79. The Bertz CT molecular complexity index is 1340. The van der Waals surface area contributed by atoms with Gasteiger partial charge in [-0.15, -0.1) is 11.3 Å². The molecule has 3 aromatic heterocycles. The first kappa shape index (κ1) is 20.7. The lowest BCUT2D eigenvalue weighted by Crippen LogP contribution is -2.39. The van der Waals surface area contributed by atoms with Crippen LogP contribution >= 0.6 is 11.3 Å². The highest BCUT2D eigenvalue weighted by atomic mass is 32.1. The van der Waals surface area contributed by atoms with Crippen LogP contribution in [0, 0.1) is 5.82 Å². The summed E-state index contributed by atoms with van der Waals surface area (Å²) in [6.45, 7) is 6.68. The third-order valence-electron chi connectivity index (χ3n) is 5.29. The quantitative estimate of drug-likeness (QED) is 0.415. The van der Waals surface area contributed by atoms with Gasteiger partial charge in [-0.1, -0.05) is 0 Å². The Morgan fingerprint density at radius 1 is 1.16 bits per heavy atom. The van der Waals surface area contributed by atoms with Gasteiger partial charge in [-0.25, -0.2) is 13.9 Å². The second-order valence-corrected chi connectivity index (χ2v) is 10.0. The molecule has 0 spiro atoms. The number of ether oxygens (including phenoxy) is 1. The van der Waals surface area contributed by atoms with Gasteiger partial charge >= 0.3 is 6.09 Å².